The molecule has 2 unspecified atom stereocenters. The SMILES string of the molecule is CC(Cl)c1nc2c(C#N)cccc2n1C(C)CS(C)(=O)=O. The maximum absolute atomic E-state index is 11.6. The summed E-state index contributed by atoms with van der Waals surface area (Å²) in [6, 6.07) is 7.06. The monoisotopic (exact) mass is 325 g/mol. The normalized spacial score (nSPS) is 14.8. The van der Waals surface area contributed by atoms with Crippen molar-refractivity contribution in [1.29, 1.82) is 5.26 Å². The highest BCUT2D eigenvalue weighted by Crippen LogP contribution is 2.29. The Labute approximate surface area is 129 Å². The summed E-state index contributed by atoms with van der Waals surface area (Å²) in [6.07, 6.45) is 1.20. The third-order valence-electron chi connectivity index (χ3n) is 3.21. The van der Waals surface area contributed by atoms with Crippen LogP contribution in [-0.2, 0) is 9.84 Å². The van der Waals surface area contributed by atoms with Gasteiger partial charge in [-0.15, -0.1) is 11.6 Å². The predicted molar refractivity (Wildman–Crippen MR) is 83.1 cm³/mol. The van der Waals surface area contributed by atoms with E-state index in [4.69, 9.17) is 11.6 Å². The van der Waals surface area contributed by atoms with Crippen molar-refractivity contribution < 1.29 is 8.42 Å². The summed E-state index contributed by atoms with van der Waals surface area (Å²) >= 11 is 6.17. The first kappa shape index (κ1) is 15.8. The van der Waals surface area contributed by atoms with Gasteiger partial charge in [0.25, 0.3) is 0 Å². The summed E-state index contributed by atoms with van der Waals surface area (Å²) in [6.45, 7) is 3.59. The van der Waals surface area contributed by atoms with Gasteiger partial charge in [-0.25, -0.2) is 13.4 Å². The molecular weight excluding hydrogens is 310 g/mol. The maximum Gasteiger partial charge on any atom is 0.149 e. The standard InChI is InChI=1S/C14H16ClN3O2S/c1-9(8-21(3,19)20)18-12-6-4-5-11(7-16)13(12)17-14(18)10(2)15/h4-6,9-10H,8H2,1-3H3. The average Bonchev–Trinajstić information content (AvgIpc) is 2.75. The molecule has 1 heterocycles. The highest BCUT2D eigenvalue weighted by molar-refractivity contribution is 7.90. The van der Waals surface area contributed by atoms with Gasteiger partial charge in [0.2, 0.25) is 0 Å². The van der Waals surface area contributed by atoms with Gasteiger partial charge in [0.05, 0.1) is 22.2 Å². The zero-order valence-electron chi connectivity index (χ0n) is 12.0. The van der Waals surface area contributed by atoms with Crippen molar-refractivity contribution in [2.24, 2.45) is 0 Å². The molecule has 21 heavy (non-hydrogen) atoms. The van der Waals surface area contributed by atoms with Crippen molar-refractivity contribution >= 4 is 32.5 Å². The van der Waals surface area contributed by atoms with Gasteiger partial charge in [-0.1, -0.05) is 6.07 Å². The first-order valence-electron chi connectivity index (χ1n) is 6.47. The van der Waals surface area contributed by atoms with Crippen LogP contribution in [-0.4, -0.2) is 30.0 Å². The van der Waals surface area contributed by atoms with Crippen molar-refractivity contribution in [2.45, 2.75) is 25.3 Å². The minimum Gasteiger partial charge on any atom is -0.323 e. The number of fused-ring (bicyclic) bond motifs is 1. The number of halogens is 1. The van der Waals surface area contributed by atoms with E-state index in [1.54, 1.807) is 19.1 Å². The number of hydrogen-bond acceptors (Lipinski definition) is 4. The van der Waals surface area contributed by atoms with Gasteiger partial charge in [-0.05, 0) is 26.0 Å². The lowest BCUT2D eigenvalue weighted by molar-refractivity contribution is 0.555. The number of alkyl halides is 1. The molecule has 1 aromatic heterocycles. The maximum atomic E-state index is 11.6. The number of hydrogen-bond donors (Lipinski definition) is 0. The van der Waals surface area contributed by atoms with Crippen molar-refractivity contribution in [3.8, 4) is 6.07 Å². The van der Waals surface area contributed by atoms with Crippen LogP contribution in [0.1, 0.15) is 36.7 Å². The number of para-hydroxylation sites is 1. The van der Waals surface area contributed by atoms with Crippen LogP contribution in [0.2, 0.25) is 0 Å². The molecule has 2 rings (SSSR count). The molecule has 0 aliphatic heterocycles. The quantitative estimate of drug-likeness (QED) is 0.810. The van der Waals surface area contributed by atoms with Crippen LogP contribution < -0.4 is 0 Å². The van der Waals surface area contributed by atoms with Crippen molar-refractivity contribution in [3.63, 3.8) is 0 Å². The van der Waals surface area contributed by atoms with Gasteiger partial charge in [0.15, 0.2) is 0 Å². The largest absolute Gasteiger partial charge is 0.323 e. The molecule has 1 aromatic carbocycles. The van der Waals surface area contributed by atoms with Gasteiger partial charge >= 0.3 is 0 Å². The highest BCUT2D eigenvalue weighted by Gasteiger charge is 2.22. The van der Waals surface area contributed by atoms with Crippen molar-refractivity contribution in [2.75, 3.05) is 12.0 Å². The average molecular weight is 326 g/mol. The molecule has 0 radical (unpaired) electrons. The van der Waals surface area contributed by atoms with E-state index in [9.17, 15) is 13.7 Å². The third-order valence-corrected chi connectivity index (χ3v) is 4.49. The molecule has 0 spiro atoms. The van der Waals surface area contributed by atoms with Crippen LogP contribution in [0.5, 0.6) is 0 Å². The van der Waals surface area contributed by atoms with Crippen molar-refractivity contribution in [3.05, 3.63) is 29.6 Å². The molecule has 2 aromatic rings. The minimum atomic E-state index is -3.13. The molecule has 7 heteroatoms. The number of imidazole rings is 1. The van der Waals surface area contributed by atoms with E-state index < -0.39 is 9.84 Å². The predicted octanol–water partition coefficient (Wildman–Crippen LogP) is 2.81. The third kappa shape index (κ3) is 3.20. The van der Waals surface area contributed by atoms with Crippen LogP contribution in [0, 0.1) is 11.3 Å². The van der Waals surface area contributed by atoms with Crippen LogP contribution in [0.25, 0.3) is 11.0 Å². The van der Waals surface area contributed by atoms with E-state index in [1.807, 2.05) is 17.6 Å². The molecule has 0 fully saturated rings. The number of nitrogens with zero attached hydrogens (tertiary/aromatic N) is 3. The summed E-state index contributed by atoms with van der Waals surface area (Å²) in [5.41, 5.74) is 1.74. The number of sulfone groups is 1. The fourth-order valence-corrected chi connectivity index (χ4v) is 3.66. The first-order chi connectivity index (χ1) is 9.74. The van der Waals surface area contributed by atoms with E-state index in [-0.39, 0.29) is 17.2 Å². The zero-order valence-corrected chi connectivity index (χ0v) is 13.6. The van der Waals surface area contributed by atoms with E-state index in [1.165, 1.54) is 6.26 Å². The Morgan fingerprint density at radius 2 is 2.10 bits per heavy atom. The summed E-state index contributed by atoms with van der Waals surface area (Å²) in [4.78, 5) is 4.45. The molecule has 0 bridgehead atoms. The Kier molecular flexibility index (Phi) is 4.26. The van der Waals surface area contributed by atoms with Crippen LogP contribution in [0.3, 0.4) is 0 Å². The van der Waals surface area contributed by atoms with E-state index in [2.05, 4.69) is 11.1 Å². The Morgan fingerprint density at radius 3 is 2.62 bits per heavy atom. The lowest BCUT2D eigenvalue weighted by Gasteiger charge is -2.17. The molecular formula is C14H16ClN3O2S. The van der Waals surface area contributed by atoms with E-state index >= 15 is 0 Å². The molecule has 0 amide bonds. The molecule has 112 valence electrons. The first-order valence-corrected chi connectivity index (χ1v) is 8.97. The Morgan fingerprint density at radius 1 is 1.43 bits per heavy atom. The summed E-state index contributed by atoms with van der Waals surface area (Å²) in [7, 11) is -3.13. The van der Waals surface area contributed by atoms with Gasteiger partial charge in [-0.3, -0.25) is 0 Å². The van der Waals surface area contributed by atoms with Crippen LogP contribution in [0.15, 0.2) is 18.2 Å². The fourth-order valence-electron chi connectivity index (χ4n) is 2.48. The summed E-state index contributed by atoms with van der Waals surface area (Å²) < 4.78 is 24.9. The van der Waals surface area contributed by atoms with E-state index in [0.717, 1.165) is 5.52 Å². The molecule has 0 N–H and O–H groups in total. The lowest BCUT2D eigenvalue weighted by atomic mass is 10.2. The second-order valence-corrected chi connectivity index (χ2v) is 8.02. The molecule has 0 aliphatic carbocycles. The summed E-state index contributed by atoms with van der Waals surface area (Å²) in [5.74, 6) is 0.566. The fraction of sp³-hybridized carbons (Fsp3) is 0.429. The smallest absolute Gasteiger partial charge is 0.149 e. The molecule has 5 nitrogen and oxygen atoms in total. The Bertz CT molecular complexity index is 819. The van der Waals surface area contributed by atoms with Gasteiger partial charge < -0.3 is 4.57 Å². The number of nitriles is 1. The Balaban J connectivity index is 2.71. The summed E-state index contributed by atoms with van der Waals surface area (Å²) in [5, 5.41) is 8.79. The van der Waals surface area contributed by atoms with Gasteiger partial charge in [0.1, 0.15) is 27.2 Å². The molecule has 0 aliphatic rings. The Hall–Kier alpha value is -1.58. The lowest BCUT2D eigenvalue weighted by Crippen LogP contribution is -2.18. The number of aromatic nitrogens is 2. The van der Waals surface area contributed by atoms with E-state index in [0.29, 0.717) is 16.9 Å². The molecule has 2 atom stereocenters. The minimum absolute atomic E-state index is 0.00809. The van der Waals surface area contributed by atoms with Gasteiger partial charge in [-0.2, -0.15) is 5.26 Å². The van der Waals surface area contributed by atoms with Crippen molar-refractivity contribution in [1.82, 2.24) is 9.55 Å². The molecule has 0 saturated carbocycles. The zero-order chi connectivity index (χ0) is 15.8. The second-order valence-electron chi connectivity index (χ2n) is 5.18. The number of rotatable bonds is 4. The topological polar surface area (TPSA) is 75.8 Å². The van der Waals surface area contributed by atoms with Crippen LogP contribution >= 0.6 is 11.6 Å². The van der Waals surface area contributed by atoms with Crippen LogP contribution in [0.4, 0.5) is 0 Å². The molecule has 0 saturated heterocycles. The highest BCUT2D eigenvalue weighted by atomic mass is 35.5. The number of benzene rings is 1. The second kappa shape index (κ2) is 5.66. The van der Waals surface area contributed by atoms with Gasteiger partial charge in [0, 0.05) is 12.3 Å².